The summed E-state index contributed by atoms with van der Waals surface area (Å²) in [7, 11) is 3.75. The van der Waals surface area contributed by atoms with E-state index >= 15 is 0 Å². The molecule has 2 N–H and O–H groups in total. The number of benzene rings is 2. The van der Waals surface area contributed by atoms with Crippen LogP contribution in [-0.4, -0.2) is 30.1 Å². The van der Waals surface area contributed by atoms with Crippen LogP contribution in [0.4, 0.5) is 16.4 Å². The Morgan fingerprint density at radius 2 is 1.88 bits per heavy atom. The maximum atomic E-state index is 12.1. The van der Waals surface area contributed by atoms with E-state index in [2.05, 4.69) is 20.6 Å². The number of fused-ring (bicyclic) bond motifs is 1. The lowest BCUT2D eigenvalue weighted by molar-refractivity contribution is 0.251. The average Bonchev–Trinajstić information content (AvgIpc) is 2.60. The van der Waals surface area contributed by atoms with Crippen LogP contribution >= 0.6 is 0 Å². The van der Waals surface area contributed by atoms with Crippen LogP contribution in [-0.2, 0) is 6.54 Å². The minimum atomic E-state index is -0.268. The summed E-state index contributed by atoms with van der Waals surface area (Å²) in [5.74, 6) is 0.615. The Labute approximate surface area is 140 Å². The van der Waals surface area contributed by atoms with Crippen molar-refractivity contribution in [2.24, 2.45) is 0 Å². The summed E-state index contributed by atoms with van der Waals surface area (Å²) in [5.41, 5.74) is 1.50. The number of amides is 2. The number of carbonyl (C=O) groups excluding carboxylic acids is 1. The van der Waals surface area contributed by atoms with Gasteiger partial charge in [0.2, 0.25) is 5.95 Å². The van der Waals surface area contributed by atoms with E-state index in [9.17, 15) is 4.79 Å². The van der Waals surface area contributed by atoms with Crippen molar-refractivity contribution in [3.63, 3.8) is 0 Å². The van der Waals surface area contributed by atoms with Gasteiger partial charge < -0.3 is 15.5 Å². The number of carbonyl (C=O) groups is 1. The highest BCUT2D eigenvalue weighted by atomic mass is 16.2. The van der Waals surface area contributed by atoms with Gasteiger partial charge in [0.05, 0.1) is 12.2 Å². The first-order valence-corrected chi connectivity index (χ1v) is 7.65. The van der Waals surface area contributed by atoms with Gasteiger partial charge in [-0.05, 0) is 29.0 Å². The smallest absolute Gasteiger partial charge is 0.319 e. The second kappa shape index (κ2) is 6.95. The summed E-state index contributed by atoms with van der Waals surface area (Å²) in [5, 5.41) is 7.87. The molecule has 0 spiro atoms. The zero-order chi connectivity index (χ0) is 16.9. The summed E-state index contributed by atoms with van der Waals surface area (Å²) >= 11 is 0. The quantitative estimate of drug-likeness (QED) is 0.775. The molecule has 2 aromatic carbocycles. The molecule has 3 rings (SSSR count). The van der Waals surface area contributed by atoms with E-state index < -0.39 is 0 Å². The van der Waals surface area contributed by atoms with Crippen LogP contribution in [0.5, 0.6) is 0 Å². The van der Waals surface area contributed by atoms with Crippen LogP contribution in [0.15, 0.2) is 54.7 Å². The standard InChI is InChI=1S/C18H19N5O/c1-23(2)17-19-10-9-16(21-17)12-20-18(24)22-15-8-7-13-5-3-4-6-14(13)11-15/h3-11H,12H2,1-2H3,(H2,20,22,24). The molecule has 0 fully saturated rings. The van der Waals surface area contributed by atoms with E-state index in [1.54, 1.807) is 12.3 Å². The molecular weight excluding hydrogens is 302 g/mol. The highest BCUT2D eigenvalue weighted by Gasteiger charge is 2.05. The Kier molecular flexibility index (Phi) is 4.56. The molecule has 6 heteroatoms. The van der Waals surface area contributed by atoms with E-state index in [1.165, 1.54) is 0 Å². The van der Waals surface area contributed by atoms with Gasteiger partial charge in [-0.15, -0.1) is 0 Å². The predicted molar refractivity (Wildman–Crippen MR) is 96.2 cm³/mol. The van der Waals surface area contributed by atoms with Gasteiger partial charge in [-0.25, -0.2) is 14.8 Å². The molecule has 0 aliphatic rings. The third-order valence-corrected chi connectivity index (χ3v) is 3.54. The lowest BCUT2D eigenvalue weighted by Crippen LogP contribution is -2.28. The van der Waals surface area contributed by atoms with E-state index in [0.29, 0.717) is 12.5 Å². The summed E-state index contributed by atoms with van der Waals surface area (Å²) in [6.07, 6.45) is 1.68. The Morgan fingerprint density at radius 1 is 1.08 bits per heavy atom. The third-order valence-electron chi connectivity index (χ3n) is 3.54. The normalized spacial score (nSPS) is 10.4. The molecular formula is C18H19N5O. The fraction of sp³-hybridized carbons (Fsp3) is 0.167. The number of rotatable bonds is 4. The molecule has 2 amide bonds. The van der Waals surface area contributed by atoms with Crippen LogP contribution in [0, 0.1) is 0 Å². The van der Waals surface area contributed by atoms with E-state index in [-0.39, 0.29) is 6.03 Å². The highest BCUT2D eigenvalue weighted by molar-refractivity contribution is 5.93. The monoisotopic (exact) mass is 321 g/mol. The molecule has 1 aromatic heterocycles. The molecule has 0 bridgehead atoms. The minimum Gasteiger partial charge on any atom is -0.347 e. The van der Waals surface area contributed by atoms with Gasteiger partial charge in [-0.1, -0.05) is 30.3 Å². The fourth-order valence-corrected chi connectivity index (χ4v) is 2.31. The van der Waals surface area contributed by atoms with Gasteiger partial charge >= 0.3 is 6.03 Å². The van der Waals surface area contributed by atoms with Crippen LogP contribution in [0.25, 0.3) is 10.8 Å². The van der Waals surface area contributed by atoms with Crippen molar-refractivity contribution < 1.29 is 4.79 Å². The molecule has 24 heavy (non-hydrogen) atoms. The van der Waals surface area contributed by atoms with Gasteiger partial charge in [-0.3, -0.25) is 0 Å². The Morgan fingerprint density at radius 3 is 2.67 bits per heavy atom. The zero-order valence-corrected chi connectivity index (χ0v) is 13.7. The summed E-state index contributed by atoms with van der Waals surface area (Å²) < 4.78 is 0. The number of urea groups is 1. The molecule has 0 radical (unpaired) electrons. The molecule has 3 aromatic rings. The second-order valence-electron chi connectivity index (χ2n) is 5.61. The summed E-state index contributed by atoms with van der Waals surface area (Å²) in [6, 6.07) is 15.4. The Balaban J connectivity index is 1.61. The van der Waals surface area contributed by atoms with Crippen molar-refractivity contribution in [1.82, 2.24) is 15.3 Å². The van der Waals surface area contributed by atoms with Crippen molar-refractivity contribution in [2.75, 3.05) is 24.3 Å². The van der Waals surface area contributed by atoms with Gasteiger partial charge in [0, 0.05) is 26.0 Å². The first kappa shape index (κ1) is 15.7. The van der Waals surface area contributed by atoms with Crippen LogP contribution in [0.2, 0.25) is 0 Å². The predicted octanol–water partition coefficient (Wildman–Crippen LogP) is 3.02. The molecule has 0 atom stereocenters. The Hall–Kier alpha value is -3.15. The SMILES string of the molecule is CN(C)c1nccc(CNC(=O)Nc2ccc3ccccc3c2)n1. The van der Waals surface area contributed by atoms with Gasteiger partial charge in [0.1, 0.15) is 0 Å². The van der Waals surface area contributed by atoms with Crippen molar-refractivity contribution in [2.45, 2.75) is 6.54 Å². The molecule has 1 heterocycles. The van der Waals surface area contributed by atoms with Crippen molar-refractivity contribution in [3.05, 3.63) is 60.4 Å². The molecule has 0 aliphatic heterocycles. The van der Waals surface area contributed by atoms with E-state index in [4.69, 9.17) is 0 Å². The average molecular weight is 321 g/mol. The summed E-state index contributed by atoms with van der Waals surface area (Å²) in [4.78, 5) is 22.4. The molecule has 0 unspecified atom stereocenters. The lowest BCUT2D eigenvalue weighted by Gasteiger charge is -2.11. The first-order chi connectivity index (χ1) is 11.6. The number of nitrogens with zero attached hydrogens (tertiary/aromatic N) is 3. The molecule has 0 saturated carbocycles. The zero-order valence-electron chi connectivity index (χ0n) is 13.7. The number of hydrogen-bond donors (Lipinski definition) is 2. The van der Waals surface area contributed by atoms with Gasteiger partial charge in [0.15, 0.2) is 0 Å². The van der Waals surface area contributed by atoms with Crippen LogP contribution in [0.1, 0.15) is 5.69 Å². The second-order valence-corrected chi connectivity index (χ2v) is 5.61. The van der Waals surface area contributed by atoms with Crippen molar-refractivity contribution >= 4 is 28.4 Å². The maximum absolute atomic E-state index is 12.1. The third kappa shape index (κ3) is 3.78. The molecule has 0 aliphatic carbocycles. The van der Waals surface area contributed by atoms with Crippen molar-refractivity contribution in [1.29, 1.82) is 0 Å². The van der Waals surface area contributed by atoms with E-state index in [0.717, 1.165) is 22.2 Å². The largest absolute Gasteiger partial charge is 0.347 e. The molecule has 122 valence electrons. The molecule has 6 nitrogen and oxygen atoms in total. The van der Waals surface area contributed by atoms with Gasteiger partial charge in [0.25, 0.3) is 0 Å². The molecule has 0 saturated heterocycles. The minimum absolute atomic E-state index is 0.268. The van der Waals surface area contributed by atoms with Crippen molar-refractivity contribution in [3.8, 4) is 0 Å². The van der Waals surface area contributed by atoms with Crippen LogP contribution in [0.3, 0.4) is 0 Å². The Bertz CT molecular complexity index is 863. The highest BCUT2D eigenvalue weighted by Crippen LogP contribution is 2.18. The van der Waals surface area contributed by atoms with Crippen LogP contribution < -0.4 is 15.5 Å². The van der Waals surface area contributed by atoms with E-state index in [1.807, 2.05) is 61.5 Å². The number of hydrogen-bond acceptors (Lipinski definition) is 4. The summed E-state index contributed by atoms with van der Waals surface area (Å²) in [6.45, 7) is 0.336. The fourth-order valence-electron chi connectivity index (χ4n) is 2.31. The number of nitrogens with one attached hydrogen (secondary N) is 2. The number of anilines is 2. The lowest BCUT2D eigenvalue weighted by atomic mass is 10.1. The maximum Gasteiger partial charge on any atom is 0.319 e. The number of aromatic nitrogens is 2. The first-order valence-electron chi connectivity index (χ1n) is 7.65. The topological polar surface area (TPSA) is 70.2 Å². The van der Waals surface area contributed by atoms with Gasteiger partial charge in [-0.2, -0.15) is 0 Å².